The number of hydrogen-bond acceptors (Lipinski definition) is 4. The monoisotopic (exact) mass is 322 g/mol. The number of rotatable bonds is 6. The van der Waals surface area contributed by atoms with E-state index in [-0.39, 0.29) is 10.7 Å². The zero-order valence-electron chi connectivity index (χ0n) is 11.5. The number of benzene rings is 2. The van der Waals surface area contributed by atoms with Crippen LogP contribution in [-0.2, 0) is 0 Å². The smallest absolute Gasteiger partial charge is 0.288 e. The van der Waals surface area contributed by atoms with Crippen molar-refractivity contribution in [1.82, 2.24) is 0 Å². The van der Waals surface area contributed by atoms with Gasteiger partial charge in [-0.2, -0.15) is 0 Å². The standard InChI is InChI=1S/C15H15ClN2O2S/c1-11-9-15(18(19)20)13(16)10-14(11)17-7-8-21-12-5-3-2-4-6-12/h2-6,9-10,17H,7-8H2,1H3. The molecule has 0 atom stereocenters. The molecule has 0 amide bonds. The largest absolute Gasteiger partial charge is 0.384 e. The fourth-order valence-electron chi connectivity index (χ4n) is 1.87. The van der Waals surface area contributed by atoms with Gasteiger partial charge in [-0.3, -0.25) is 10.1 Å². The minimum Gasteiger partial charge on any atom is -0.384 e. The lowest BCUT2D eigenvalue weighted by atomic mass is 10.2. The van der Waals surface area contributed by atoms with E-state index in [0.29, 0.717) is 0 Å². The third-order valence-electron chi connectivity index (χ3n) is 2.92. The third-order valence-corrected chi connectivity index (χ3v) is 4.24. The zero-order valence-corrected chi connectivity index (χ0v) is 13.1. The predicted molar refractivity (Wildman–Crippen MR) is 88.5 cm³/mol. The van der Waals surface area contributed by atoms with Crippen LogP contribution >= 0.6 is 23.4 Å². The Labute approximate surface area is 132 Å². The first-order valence-electron chi connectivity index (χ1n) is 6.44. The predicted octanol–water partition coefficient (Wildman–Crippen LogP) is 4.76. The highest BCUT2D eigenvalue weighted by Crippen LogP contribution is 2.30. The number of anilines is 1. The van der Waals surface area contributed by atoms with E-state index >= 15 is 0 Å². The van der Waals surface area contributed by atoms with Gasteiger partial charge in [-0.25, -0.2) is 0 Å². The van der Waals surface area contributed by atoms with Crippen LogP contribution in [0.15, 0.2) is 47.4 Å². The number of nitrogens with zero attached hydrogens (tertiary/aromatic N) is 1. The van der Waals surface area contributed by atoms with Crippen LogP contribution < -0.4 is 5.32 Å². The Balaban J connectivity index is 1.92. The first-order valence-corrected chi connectivity index (χ1v) is 7.80. The Kier molecular flexibility index (Phi) is 5.47. The molecule has 0 aliphatic heterocycles. The Morgan fingerprint density at radius 1 is 1.29 bits per heavy atom. The molecule has 2 aromatic carbocycles. The van der Waals surface area contributed by atoms with E-state index in [1.807, 2.05) is 25.1 Å². The number of halogens is 1. The summed E-state index contributed by atoms with van der Waals surface area (Å²) in [5.74, 6) is 0.901. The summed E-state index contributed by atoms with van der Waals surface area (Å²) in [5.41, 5.74) is 1.59. The lowest BCUT2D eigenvalue weighted by molar-refractivity contribution is -0.384. The van der Waals surface area contributed by atoms with Crippen LogP contribution in [0.3, 0.4) is 0 Å². The van der Waals surface area contributed by atoms with Crippen molar-refractivity contribution in [3.63, 3.8) is 0 Å². The van der Waals surface area contributed by atoms with Crippen LogP contribution in [0.25, 0.3) is 0 Å². The highest BCUT2D eigenvalue weighted by atomic mass is 35.5. The van der Waals surface area contributed by atoms with E-state index in [1.54, 1.807) is 17.8 Å². The molecular formula is C15H15ClN2O2S. The second kappa shape index (κ2) is 7.33. The average molecular weight is 323 g/mol. The number of hydrogen-bond donors (Lipinski definition) is 1. The van der Waals surface area contributed by atoms with Gasteiger partial charge in [0.15, 0.2) is 0 Å². The van der Waals surface area contributed by atoms with Crippen molar-refractivity contribution in [2.75, 3.05) is 17.6 Å². The highest BCUT2D eigenvalue weighted by Gasteiger charge is 2.14. The quantitative estimate of drug-likeness (QED) is 0.360. The third kappa shape index (κ3) is 4.37. The number of thioether (sulfide) groups is 1. The maximum absolute atomic E-state index is 10.8. The lowest BCUT2D eigenvalue weighted by Gasteiger charge is -2.10. The molecule has 0 saturated carbocycles. The molecule has 2 rings (SSSR count). The Hall–Kier alpha value is -1.72. The Morgan fingerprint density at radius 2 is 2.00 bits per heavy atom. The molecule has 0 heterocycles. The fourth-order valence-corrected chi connectivity index (χ4v) is 2.89. The van der Waals surface area contributed by atoms with Crippen molar-refractivity contribution < 1.29 is 4.92 Å². The van der Waals surface area contributed by atoms with E-state index in [9.17, 15) is 10.1 Å². The first kappa shape index (κ1) is 15.7. The molecule has 0 unspecified atom stereocenters. The summed E-state index contributed by atoms with van der Waals surface area (Å²) in [6, 6.07) is 13.3. The highest BCUT2D eigenvalue weighted by molar-refractivity contribution is 7.99. The fraction of sp³-hybridized carbons (Fsp3) is 0.200. The van der Waals surface area contributed by atoms with Gasteiger partial charge < -0.3 is 5.32 Å². The van der Waals surface area contributed by atoms with Crippen LogP contribution in [-0.4, -0.2) is 17.2 Å². The van der Waals surface area contributed by atoms with E-state index in [4.69, 9.17) is 11.6 Å². The molecule has 0 spiro atoms. The molecule has 21 heavy (non-hydrogen) atoms. The maximum Gasteiger partial charge on any atom is 0.288 e. The second-order valence-electron chi connectivity index (χ2n) is 4.46. The molecule has 0 bridgehead atoms. The first-order chi connectivity index (χ1) is 10.1. The summed E-state index contributed by atoms with van der Waals surface area (Å²) >= 11 is 7.67. The summed E-state index contributed by atoms with van der Waals surface area (Å²) in [6.07, 6.45) is 0. The van der Waals surface area contributed by atoms with Gasteiger partial charge in [0.25, 0.3) is 5.69 Å². The number of nitro benzene ring substituents is 1. The van der Waals surface area contributed by atoms with Crippen molar-refractivity contribution in [3.05, 3.63) is 63.2 Å². The van der Waals surface area contributed by atoms with Crippen LogP contribution in [0.4, 0.5) is 11.4 Å². The number of aryl methyl sites for hydroxylation is 1. The zero-order chi connectivity index (χ0) is 15.2. The molecule has 110 valence electrons. The number of nitro groups is 1. The van der Waals surface area contributed by atoms with Crippen LogP contribution in [0.5, 0.6) is 0 Å². The van der Waals surface area contributed by atoms with Gasteiger partial charge in [0, 0.05) is 28.9 Å². The Bertz CT molecular complexity index is 635. The second-order valence-corrected chi connectivity index (χ2v) is 6.04. The van der Waals surface area contributed by atoms with Gasteiger partial charge in [-0.1, -0.05) is 29.8 Å². The maximum atomic E-state index is 10.8. The average Bonchev–Trinajstić information content (AvgIpc) is 2.47. The van der Waals surface area contributed by atoms with Crippen molar-refractivity contribution in [3.8, 4) is 0 Å². The minimum atomic E-state index is -0.468. The molecule has 0 aromatic heterocycles. The molecule has 0 aliphatic carbocycles. The van der Waals surface area contributed by atoms with E-state index in [0.717, 1.165) is 23.5 Å². The van der Waals surface area contributed by atoms with Crippen LogP contribution in [0.2, 0.25) is 5.02 Å². The summed E-state index contributed by atoms with van der Waals surface area (Å²) in [6.45, 7) is 2.59. The molecule has 2 aromatic rings. The van der Waals surface area contributed by atoms with Crippen molar-refractivity contribution in [1.29, 1.82) is 0 Å². The van der Waals surface area contributed by atoms with E-state index in [2.05, 4.69) is 17.4 Å². The Morgan fingerprint density at radius 3 is 2.67 bits per heavy atom. The molecule has 6 heteroatoms. The van der Waals surface area contributed by atoms with Crippen LogP contribution in [0, 0.1) is 17.0 Å². The molecule has 0 radical (unpaired) electrons. The van der Waals surface area contributed by atoms with Crippen molar-refractivity contribution in [2.24, 2.45) is 0 Å². The van der Waals surface area contributed by atoms with E-state index in [1.165, 1.54) is 11.0 Å². The minimum absolute atomic E-state index is 0.0571. The SMILES string of the molecule is Cc1cc([N+](=O)[O-])c(Cl)cc1NCCSc1ccccc1. The lowest BCUT2D eigenvalue weighted by Crippen LogP contribution is -2.06. The normalized spacial score (nSPS) is 10.4. The van der Waals surface area contributed by atoms with Gasteiger partial charge in [0.05, 0.1) is 4.92 Å². The molecule has 0 saturated heterocycles. The van der Waals surface area contributed by atoms with Gasteiger partial charge in [-0.05, 0) is 30.7 Å². The van der Waals surface area contributed by atoms with E-state index < -0.39 is 4.92 Å². The van der Waals surface area contributed by atoms with Gasteiger partial charge >= 0.3 is 0 Å². The van der Waals surface area contributed by atoms with Gasteiger partial charge in [0.2, 0.25) is 0 Å². The summed E-state index contributed by atoms with van der Waals surface area (Å²) in [7, 11) is 0. The van der Waals surface area contributed by atoms with Crippen molar-refractivity contribution in [2.45, 2.75) is 11.8 Å². The summed E-state index contributed by atoms with van der Waals surface area (Å²) < 4.78 is 0. The van der Waals surface area contributed by atoms with Crippen LogP contribution in [0.1, 0.15) is 5.56 Å². The van der Waals surface area contributed by atoms with Gasteiger partial charge in [-0.15, -0.1) is 11.8 Å². The summed E-state index contributed by atoms with van der Waals surface area (Å²) in [4.78, 5) is 11.6. The topological polar surface area (TPSA) is 55.2 Å². The molecule has 0 aliphatic rings. The van der Waals surface area contributed by atoms with Crippen molar-refractivity contribution >= 4 is 34.7 Å². The number of nitrogens with one attached hydrogen (secondary N) is 1. The van der Waals surface area contributed by atoms with Gasteiger partial charge in [0.1, 0.15) is 5.02 Å². The molecular weight excluding hydrogens is 308 g/mol. The summed E-state index contributed by atoms with van der Waals surface area (Å²) in [5, 5.41) is 14.2. The molecule has 4 nitrogen and oxygen atoms in total. The molecule has 0 fully saturated rings. The molecule has 1 N–H and O–H groups in total.